The van der Waals surface area contributed by atoms with Gasteiger partial charge in [-0.05, 0) is 103 Å². The highest BCUT2D eigenvalue weighted by Crippen LogP contribution is 2.76. The molecule has 7 aliphatic rings. The van der Waals surface area contributed by atoms with Crippen molar-refractivity contribution in [3.05, 3.63) is 11.6 Å². The van der Waals surface area contributed by atoms with E-state index in [1.54, 1.807) is 0 Å². The lowest BCUT2D eigenvalue weighted by molar-refractivity contribution is -0.322. The fraction of sp³-hybridized carbons (Fsp3) is 0.907. The number of hydrogen-bond acceptors (Lipinski definition) is 12. The van der Waals surface area contributed by atoms with Gasteiger partial charge in [-0.25, -0.2) is 0 Å². The van der Waals surface area contributed by atoms with Crippen molar-refractivity contribution in [3.8, 4) is 0 Å². The summed E-state index contributed by atoms with van der Waals surface area (Å²) in [6.07, 6.45) is -3.25. The van der Waals surface area contributed by atoms with E-state index in [9.17, 15) is 45.3 Å². The lowest BCUT2D eigenvalue weighted by Crippen LogP contribution is -2.68. The lowest BCUT2D eigenvalue weighted by Gasteiger charge is -2.71. The van der Waals surface area contributed by atoms with Crippen molar-refractivity contribution in [2.24, 2.45) is 50.2 Å². The maximum Gasteiger partial charge on any atom is 0.312 e. The number of ether oxygens (including phenoxy) is 4. The highest BCUT2D eigenvalue weighted by molar-refractivity contribution is 5.77. The number of aliphatic carboxylic acids is 1. The summed E-state index contributed by atoms with van der Waals surface area (Å²) in [6.45, 7) is 16.7. The van der Waals surface area contributed by atoms with Crippen LogP contribution in [0.25, 0.3) is 0 Å². The Morgan fingerprint density at radius 1 is 0.842 bits per heavy atom. The first-order chi connectivity index (χ1) is 26.4. The fourth-order valence-corrected chi connectivity index (χ4v) is 13.8. The molecule has 5 aliphatic carbocycles. The van der Waals surface area contributed by atoms with E-state index in [0.717, 1.165) is 38.5 Å². The summed E-state index contributed by atoms with van der Waals surface area (Å²) < 4.78 is 24.2. The summed E-state index contributed by atoms with van der Waals surface area (Å²) in [5.74, 6) is -1.04. The second-order valence-electron chi connectivity index (χ2n) is 21.1. The highest BCUT2D eigenvalue weighted by Gasteiger charge is 2.71. The first-order valence-corrected chi connectivity index (χ1v) is 21.3. The molecule has 0 aromatic carbocycles. The van der Waals surface area contributed by atoms with Crippen LogP contribution in [0.5, 0.6) is 0 Å². The number of fused-ring (bicyclic) bond motifs is 7. The molecule has 1 amide bonds. The molecule has 8 N–H and O–H groups in total. The zero-order chi connectivity index (χ0) is 41.8. The number of carbonyl (C=O) groups excluding carboxylic acids is 1. The molecule has 4 saturated carbocycles. The molecule has 57 heavy (non-hydrogen) atoms. The summed E-state index contributed by atoms with van der Waals surface area (Å²) in [7, 11) is 0. The van der Waals surface area contributed by atoms with Gasteiger partial charge in [-0.1, -0.05) is 60.1 Å². The average Bonchev–Trinajstić information content (AvgIpc) is 3.11. The minimum Gasteiger partial charge on any atom is -0.481 e. The smallest absolute Gasteiger partial charge is 0.312 e. The van der Waals surface area contributed by atoms with Gasteiger partial charge < -0.3 is 60.0 Å². The highest BCUT2D eigenvalue weighted by atomic mass is 16.7. The van der Waals surface area contributed by atoms with E-state index in [2.05, 4.69) is 59.9 Å². The maximum atomic E-state index is 13.1. The van der Waals surface area contributed by atoms with E-state index in [-0.39, 0.29) is 58.7 Å². The van der Waals surface area contributed by atoms with Crippen LogP contribution in [-0.2, 0) is 28.5 Å². The number of aliphatic hydroxyl groups is 6. The Morgan fingerprint density at radius 3 is 2.21 bits per heavy atom. The van der Waals surface area contributed by atoms with Gasteiger partial charge in [-0.3, -0.25) is 9.59 Å². The second kappa shape index (κ2) is 14.7. The number of allylic oxidation sites excluding steroid dienone is 2. The van der Waals surface area contributed by atoms with E-state index >= 15 is 0 Å². The normalized spacial score (nSPS) is 51.6. The lowest BCUT2D eigenvalue weighted by atomic mass is 9.33. The molecular formula is C43H69NO13. The molecule has 6 fully saturated rings. The summed E-state index contributed by atoms with van der Waals surface area (Å²) in [4.78, 5) is 25.5. The molecule has 2 saturated heterocycles. The Morgan fingerprint density at radius 2 is 1.54 bits per heavy atom. The van der Waals surface area contributed by atoms with Crippen LogP contribution < -0.4 is 5.32 Å². The molecule has 14 heteroatoms. The third kappa shape index (κ3) is 6.66. The molecule has 0 radical (unpaired) electrons. The molecular weight excluding hydrogens is 738 g/mol. The van der Waals surface area contributed by atoms with Crippen molar-refractivity contribution >= 4 is 11.9 Å². The zero-order valence-electron chi connectivity index (χ0n) is 35.0. The number of carboxylic acids is 1. The van der Waals surface area contributed by atoms with Crippen LogP contribution in [0.4, 0.5) is 0 Å². The molecule has 0 spiro atoms. The Bertz CT molecular complexity index is 1590. The summed E-state index contributed by atoms with van der Waals surface area (Å²) in [5.41, 5.74) is -1.00. The zero-order valence-corrected chi connectivity index (χ0v) is 35.0. The number of rotatable bonds is 7. The number of hydrogen-bond donors (Lipinski definition) is 8. The molecule has 2 aliphatic heterocycles. The molecule has 18 unspecified atom stereocenters. The fourth-order valence-electron chi connectivity index (χ4n) is 13.8. The predicted octanol–water partition coefficient (Wildman–Crippen LogP) is 2.64. The van der Waals surface area contributed by atoms with Crippen LogP contribution in [0.1, 0.15) is 113 Å². The number of carboxylic acid groups (broad SMARTS) is 1. The van der Waals surface area contributed by atoms with Gasteiger partial charge in [0.2, 0.25) is 5.91 Å². The topological polar surface area (TPSA) is 225 Å². The monoisotopic (exact) mass is 807 g/mol. The van der Waals surface area contributed by atoms with Gasteiger partial charge in [-0.15, -0.1) is 0 Å². The second-order valence-corrected chi connectivity index (χ2v) is 21.1. The van der Waals surface area contributed by atoms with Crippen LogP contribution in [-0.4, -0.2) is 128 Å². The molecule has 7 rings (SSSR count). The Kier molecular flexibility index (Phi) is 11.2. The number of carbonyl (C=O) groups is 2. The van der Waals surface area contributed by atoms with Crippen LogP contribution in [0.3, 0.4) is 0 Å². The Labute approximate surface area is 336 Å². The Balaban J connectivity index is 1.13. The molecule has 0 bridgehead atoms. The van der Waals surface area contributed by atoms with E-state index in [0.29, 0.717) is 19.3 Å². The first-order valence-electron chi connectivity index (χ1n) is 21.3. The molecule has 0 aromatic heterocycles. The van der Waals surface area contributed by atoms with Gasteiger partial charge in [0.25, 0.3) is 0 Å². The van der Waals surface area contributed by atoms with Gasteiger partial charge >= 0.3 is 5.97 Å². The van der Waals surface area contributed by atoms with Crippen LogP contribution in [0.15, 0.2) is 11.6 Å². The molecule has 2 heterocycles. The minimum atomic E-state index is -1.55. The standard InChI is InChI=1S/C43H69NO13/c1-21(45)44-30-33(50)32(49)25(20-55-36-34(51)31(48)24(46)19-54-36)56-35(30)57-29-12-13-40(6)26(39(29,4)5)11-14-41(7)27(40)10-9-22-23-17-38(2,3)15-16-43(23,37(52)53)28(47)18-42(22,41)8/h9,23-36,46-51H,10-20H2,1-8H3,(H,44,45)(H,52,53). The molecule has 0 aromatic rings. The third-order valence-electron chi connectivity index (χ3n) is 17.3. The van der Waals surface area contributed by atoms with Crippen molar-refractivity contribution in [2.45, 2.75) is 181 Å². The number of aliphatic hydroxyl groups excluding tert-OH is 6. The van der Waals surface area contributed by atoms with Crippen molar-refractivity contribution in [1.29, 1.82) is 0 Å². The largest absolute Gasteiger partial charge is 0.481 e. The first kappa shape index (κ1) is 43.4. The van der Waals surface area contributed by atoms with E-state index in [1.165, 1.54) is 12.5 Å². The molecule has 14 nitrogen and oxygen atoms in total. The maximum absolute atomic E-state index is 13.1. The summed E-state index contributed by atoms with van der Waals surface area (Å²) in [6, 6.07) is -1.09. The van der Waals surface area contributed by atoms with Crippen molar-refractivity contribution in [2.75, 3.05) is 13.2 Å². The number of amides is 1. The Hall–Kier alpha value is -1.72. The van der Waals surface area contributed by atoms with Crippen molar-refractivity contribution < 1.29 is 64.3 Å². The van der Waals surface area contributed by atoms with E-state index in [4.69, 9.17) is 18.9 Å². The van der Waals surface area contributed by atoms with Gasteiger partial charge in [0.1, 0.15) is 48.1 Å². The molecule has 18 atom stereocenters. The van der Waals surface area contributed by atoms with Gasteiger partial charge in [0.15, 0.2) is 12.6 Å². The van der Waals surface area contributed by atoms with Crippen LogP contribution in [0, 0.1) is 50.2 Å². The van der Waals surface area contributed by atoms with Crippen molar-refractivity contribution in [3.63, 3.8) is 0 Å². The third-order valence-corrected chi connectivity index (χ3v) is 17.3. The quantitative estimate of drug-likeness (QED) is 0.137. The van der Waals surface area contributed by atoms with Crippen LogP contribution >= 0.6 is 0 Å². The summed E-state index contributed by atoms with van der Waals surface area (Å²) >= 11 is 0. The van der Waals surface area contributed by atoms with E-state index in [1.807, 2.05) is 0 Å². The van der Waals surface area contributed by atoms with Gasteiger partial charge in [-0.2, -0.15) is 0 Å². The predicted molar refractivity (Wildman–Crippen MR) is 205 cm³/mol. The minimum absolute atomic E-state index is 0.0191. The van der Waals surface area contributed by atoms with Crippen LogP contribution in [0.2, 0.25) is 0 Å². The number of nitrogens with one attached hydrogen (secondary N) is 1. The average molecular weight is 808 g/mol. The SMILES string of the molecule is CC(=O)NC1C(OC2CCC3(C)C(CCC4(C)C3CC=C3C5CC(C)(C)CCC5(C(=O)O)C(O)CC34C)C2(C)C)OC(COC2OCC(O)C(O)C2O)C(O)C1O. The van der Waals surface area contributed by atoms with E-state index < -0.39 is 84.1 Å². The van der Waals surface area contributed by atoms with Crippen molar-refractivity contribution in [1.82, 2.24) is 5.32 Å². The summed E-state index contributed by atoms with van der Waals surface area (Å²) in [5, 5.41) is 78.2. The molecule has 324 valence electrons. The van der Waals surface area contributed by atoms with Gasteiger partial charge in [0, 0.05) is 6.92 Å². The van der Waals surface area contributed by atoms with Gasteiger partial charge in [0.05, 0.1) is 25.4 Å².